The van der Waals surface area contributed by atoms with Crippen molar-refractivity contribution in [2.75, 3.05) is 0 Å². The molecule has 0 aromatic carbocycles. The molecule has 0 aromatic rings. The summed E-state index contributed by atoms with van der Waals surface area (Å²) >= 11 is 0. The van der Waals surface area contributed by atoms with Gasteiger partial charge in [-0.05, 0) is 44.9 Å². The van der Waals surface area contributed by atoms with Crippen LogP contribution in [0, 0.1) is 17.8 Å². The first-order valence-corrected chi connectivity index (χ1v) is 5.97. The maximum absolute atomic E-state index is 11.6. The lowest BCUT2D eigenvalue weighted by Crippen LogP contribution is -2.37. The molecule has 0 radical (unpaired) electrons. The summed E-state index contributed by atoms with van der Waals surface area (Å²) in [5.74, 6) is 3.30. The minimum absolute atomic E-state index is 0.0697. The zero-order valence-corrected chi connectivity index (χ0v) is 9.42. The Labute approximate surface area is 90.3 Å². The molecule has 3 rings (SSSR count). The maximum atomic E-state index is 11.6. The second-order valence-corrected chi connectivity index (χ2v) is 5.79. The molecule has 3 unspecified atom stereocenters. The lowest BCUT2D eigenvalue weighted by molar-refractivity contribution is -0.122. The molecule has 1 N–H and O–H groups in total. The number of aliphatic imine (C=N–C) groups is 1. The summed E-state index contributed by atoms with van der Waals surface area (Å²) in [5.41, 5.74) is -0.531. The summed E-state index contributed by atoms with van der Waals surface area (Å²) in [6.45, 7) is 3.78. The standard InChI is InChI=1S/C12H18N2O/c1-12(2)11(15)13-10(14-12)9-6-7-3-4-8(9)5-7/h7-9H,3-6H2,1-2H3,(H,13,14,15). The lowest BCUT2D eigenvalue weighted by atomic mass is 9.88. The van der Waals surface area contributed by atoms with Crippen LogP contribution in [-0.2, 0) is 4.79 Å². The summed E-state index contributed by atoms with van der Waals surface area (Å²) in [5, 5.41) is 2.98. The predicted octanol–water partition coefficient (Wildman–Crippen LogP) is 1.73. The van der Waals surface area contributed by atoms with Crippen molar-refractivity contribution in [3.05, 3.63) is 0 Å². The monoisotopic (exact) mass is 206 g/mol. The topological polar surface area (TPSA) is 41.5 Å². The Bertz CT molecular complexity index is 346. The number of amidine groups is 1. The van der Waals surface area contributed by atoms with Crippen molar-refractivity contribution in [2.45, 2.75) is 45.1 Å². The van der Waals surface area contributed by atoms with E-state index in [4.69, 9.17) is 0 Å². The van der Waals surface area contributed by atoms with E-state index < -0.39 is 5.54 Å². The van der Waals surface area contributed by atoms with E-state index in [0.717, 1.165) is 17.7 Å². The van der Waals surface area contributed by atoms with E-state index >= 15 is 0 Å². The first-order valence-electron chi connectivity index (χ1n) is 5.97. The smallest absolute Gasteiger partial charge is 0.252 e. The molecular weight excluding hydrogens is 188 g/mol. The molecule has 3 nitrogen and oxygen atoms in total. The van der Waals surface area contributed by atoms with E-state index in [1.54, 1.807) is 0 Å². The summed E-state index contributed by atoms with van der Waals surface area (Å²) < 4.78 is 0. The van der Waals surface area contributed by atoms with Crippen molar-refractivity contribution < 1.29 is 4.79 Å². The van der Waals surface area contributed by atoms with Crippen molar-refractivity contribution >= 4 is 11.7 Å². The van der Waals surface area contributed by atoms with Gasteiger partial charge in [0.05, 0.1) is 0 Å². The van der Waals surface area contributed by atoms with Gasteiger partial charge >= 0.3 is 0 Å². The Balaban J connectivity index is 1.82. The highest BCUT2D eigenvalue weighted by Crippen LogP contribution is 2.49. The maximum Gasteiger partial charge on any atom is 0.252 e. The highest BCUT2D eigenvalue weighted by atomic mass is 16.2. The Hall–Kier alpha value is -0.860. The van der Waals surface area contributed by atoms with Crippen LogP contribution in [0.1, 0.15) is 39.5 Å². The molecule has 1 aliphatic heterocycles. The van der Waals surface area contributed by atoms with Crippen molar-refractivity contribution in [2.24, 2.45) is 22.7 Å². The molecule has 1 amide bonds. The van der Waals surface area contributed by atoms with E-state index in [2.05, 4.69) is 10.3 Å². The van der Waals surface area contributed by atoms with Crippen LogP contribution in [0.5, 0.6) is 0 Å². The summed E-state index contributed by atoms with van der Waals surface area (Å²) in [7, 11) is 0. The number of carbonyl (C=O) groups is 1. The second-order valence-electron chi connectivity index (χ2n) is 5.79. The van der Waals surface area contributed by atoms with Crippen molar-refractivity contribution in [1.29, 1.82) is 0 Å². The normalized spacial score (nSPS) is 41.9. The second kappa shape index (κ2) is 2.83. The van der Waals surface area contributed by atoms with Gasteiger partial charge in [0.25, 0.3) is 5.91 Å². The molecular formula is C12H18N2O. The fourth-order valence-corrected chi connectivity index (χ4v) is 3.40. The molecule has 2 fully saturated rings. The quantitative estimate of drug-likeness (QED) is 0.697. The van der Waals surface area contributed by atoms with Crippen LogP contribution in [0.2, 0.25) is 0 Å². The van der Waals surface area contributed by atoms with Crippen LogP contribution in [0.3, 0.4) is 0 Å². The number of nitrogens with zero attached hydrogens (tertiary/aromatic N) is 1. The summed E-state index contributed by atoms with van der Waals surface area (Å²) in [6.07, 6.45) is 5.34. The molecule has 1 heterocycles. The van der Waals surface area contributed by atoms with E-state index in [1.165, 1.54) is 25.7 Å². The third-order valence-corrected chi connectivity index (χ3v) is 4.29. The minimum Gasteiger partial charge on any atom is -0.312 e. The molecule has 0 aromatic heterocycles. The number of fused-ring (bicyclic) bond motifs is 2. The van der Waals surface area contributed by atoms with Gasteiger partial charge in [-0.3, -0.25) is 9.79 Å². The zero-order valence-electron chi connectivity index (χ0n) is 9.42. The van der Waals surface area contributed by atoms with Gasteiger partial charge in [0.1, 0.15) is 11.4 Å². The highest BCUT2D eigenvalue weighted by Gasteiger charge is 2.45. The zero-order chi connectivity index (χ0) is 10.6. The van der Waals surface area contributed by atoms with Gasteiger partial charge in [0.15, 0.2) is 0 Å². The SMILES string of the molecule is CC1(C)N=C(C2CC3CCC2C3)NC1=O. The average molecular weight is 206 g/mol. The summed E-state index contributed by atoms with van der Waals surface area (Å²) in [4.78, 5) is 16.2. The number of rotatable bonds is 1. The van der Waals surface area contributed by atoms with Crippen LogP contribution in [0.25, 0.3) is 0 Å². The van der Waals surface area contributed by atoms with Crippen molar-refractivity contribution in [3.8, 4) is 0 Å². The van der Waals surface area contributed by atoms with Crippen molar-refractivity contribution in [1.82, 2.24) is 5.32 Å². The molecule has 3 heteroatoms. The number of carbonyl (C=O) groups excluding carboxylic acids is 1. The fraction of sp³-hybridized carbons (Fsp3) is 0.833. The largest absolute Gasteiger partial charge is 0.312 e. The molecule has 3 atom stereocenters. The highest BCUT2D eigenvalue weighted by molar-refractivity contribution is 6.08. The minimum atomic E-state index is -0.531. The Morgan fingerprint density at radius 2 is 2.13 bits per heavy atom. The molecule has 2 aliphatic carbocycles. The van der Waals surface area contributed by atoms with Gasteiger partial charge in [0.2, 0.25) is 0 Å². The molecule has 82 valence electrons. The van der Waals surface area contributed by atoms with Gasteiger partial charge < -0.3 is 5.32 Å². The van der Waals surface area contributed by atoms with Crippen LogP contribution in [0.15, 0.2) is 4.99 Å². The molecule has 3 aliphatic rings. The van der Waals surface area contributed by atoms with Crippen LogP contribution in [0.4, 0.5) is 0 Å². The van der Waals surface area contributed by atoms with Gasteiger partial charge in [-0.25, -0.2) is 0 Å². The number of amides is 1. The predicted molar refractivity (Wildman–Crippen MR) is 58.6 cm³/mol. The van der Waals surface area contributed by atoms with Gasteiger partial charge in [0, 0.05) is 5.92 Å². The van der Waals surface area contributed by atoms with E-state index in [1.807, 2.05) is 13.8 Å². The molecule has 0 saturated heterocycles. The third kappa shape index (κ3) is 1.32. The lowest BCUT2D eigenvalue weighted by Gasteiger charge is -2.21. The van der Waals surface area contributed by atoms with Crippen molar-refractivity contribution in [3.63, 3.8) is 0 Å². The van der Waals surface area contributed by atoms with E-state index in [9.17, 15) is 4.79 Å². The molecule has 15 heavy (non-hydrogen) atoms. The van der Waals surface area contributed by atoms with Gasteiger partial charge in [-0.2, -0.15) is 0 Å². The Morgan fingerprint density at radius 1 is 1.33 bits per heavy atom. The fourth-order valence-electron chi connectivity index (χ4n) is 3.40. The summed E-state index contributed by atoms with van der Waals surface area (Å²) in [6, 6.07) is 0. The number of nitrogens with one attached hydrogen (secondary N) is 1. The average Bonchev–Trinajstić information content (AvgIpc) is 2.81. The first kappa shape index (κ1) is 9.37. The number of hydrogen-bond donors (Lipinski definition) is 1. The van der Waals surface area contributed by atoms with E-state index in [0.29, 0.717) is 5.92 Å². The van der Waals surface area contributed by atoms with Crippen LogP contribution in [-0.4, -0.2) is 17.3 Å². The van der Waals surface area contributed by atoms with Gasteiger partial charge in [-0.15, -0.1) is 0 Å². The van der Waals surface area contributed by atoms with E-state index in [-0.39, 0.29) is 5.91 Å². The molecule has 2 bridgehead atoms. The van der Waals surface area contributed by atoms with Crippen LogP contribution >= 0.6 is 0 Å². The molecule has 0 spiro atoms. The first-order chi connectivity index (χ1) is 7.06. The van der Waals surface area contributed by atoms with Gasteiger partial charge in [-0.1, -0.05) is 6.42 Å². The van der Waals surface area contributed by atoms with Crippen LogP contribution < -0.4 is 5.32 Å². The third-order valence-electron chi connectivity index (χ3n) is 4.29. The molecule has 2 saturated carbocycles. The Kier molecular flexibility index (Phi) is 1.77. The number of hydrogen-bond acceptors (Lipinski definition) is 2. The Morgan fingerprint density at radius 3 is 2.60 bits per heavy atom.